The van der Waals surface area contributed by atoms with Crippen LogP contribution in [0.5, 0.6) is 17.2 Å². The zero-order chi connectivity index (χ0) is 28.6. The summed E-state index contributed by atoms with van der Waals surface area (Å²) in [4.78, 5) is 35.4. The maximum absolute atomic E-state index is 12.8. The van der Waals surface area contributed by atoms with E-state index in [-0.39, 0.29) is 35.5 Å². The third-order valence-electron chi connectivity index (χ3n) is 5.42. The molecule has 0 spiro atoms. The molecule has 4 rings (SSSR count). The number of nitrogen functional groups attached to an aromatic ring is 1. The Morgan fingerprint density at radius 3 is 2.60 bits per heavy atom. The smallest absolute Gasteiger partial charge is 0.350 e. The van der Waals surface area contributed by atoms with E-state index in [1.165, 1.54) is 31.5 Å². The first-order valence-corrected chi connectivity index (χ1v) is 12.2. The Morgan fingerprint density at radius 1 is 1.15 bits per heavy atom. The fourth-order valence-electron chi connectivity index (χ4n) is 3.80. The summed E-state index contributed by atoms with van der Waals surface area (Å²) >= 11 is 0. The second kappa shape index (κ2) is 12.5. The van der Waals surface area contributed by atoms with Gasteiger partial charge in [-0.25, -0.2) is 19.2 Å². The number of nitrogens with one attached hydrogen (secondary N) is 3. The predicted octanol–water partition coefficient (Wildman–Crippen LogP) is 2.51. The number of amidine groups is 1. The summed E-state index contributed by atoms with van der Waals surface area (Å²) in [7, 11) is 0. The molecular formula is C26H27FN8O5. The van der Waals surface area contributed by atoms with Crippen molar-refractivity contribution in [1.29, 1.82) is 5.41 Å². The van der Waals surface area contributed by atoms with Gasteiger partial charge in [0.1, 0.15) is 30.9 Å². The largest absolute Gasteiger partial charge is 0.490 e. The van der Waals surface area contributed by atoms with Crippen LogP contribution in [0.4, 0.5) is 10.1 Å². The Kier molecular flexibility index (Phi) is 8.69. The molecule has 2 heterocycles. The number of aromatic nitrogens is 5. The van der Waals surface area contributed by atoms with Gasteiger partial charge in [0.05, 0.1) is 12.2 Å². The van der Waals surface area contributed by atoms with Crippen molar-refractivity contribution >= 4 is 17.5 Å². The second-order valence-electron chi connectivity index (χ2n) is 8.25. The lowest BCUT2D eigenvalue weighted by atomic mass is 10.0. The zero-order valence-corrected chi connectivity index (χ0v) is 21.7. The highest BCUT2D eigenvalue weighted by Crippen LogP contribution is 2.34. The lowest BCUT2D eigenvalue weighted by Gasteiger charge is -2.21. The van der Waals surface area contributed by atoms with E-state index in [1.807, 2.05) is 0 Å². The average Bonchev–Trinajstić information content (AvgIpc) is 3.32. The van der Waals surface area contributed by atoms with E-state index < -0.39 is 24.4 Å². The van der Waals surface area contributed by atoms with Gasteiger partial charge in [-0.15, -0.1) is 9.78 Å². The molecule has 2 aromatic carbocycles. The van der Waals surface area contributed by atoms with Crippen LogP contribution in [-0.4, -0.2) is 56.4 Å². The number of halogens is 1. The van der Waals surface area contributed by atoms with Crippen LogP contribution in [0.3, 0.4) is 0 Å². The molecule has 0 bridgehead atoms. The summed E-state index contributed by atoms with van der Waals surface area (Å²) in [6.45, 7) is 2.55. The van der Waals surface area contributed by atoms with Gasteiger partial charge in [-0.1, -0.05) is 6.07 Å². The van der Waals surface area contributed by atoms with Gasteiger partial charge in [-0.05, 0) is 42.8 Å². The fourth-order valence-corrected chi connectivity index (χ4v) is 3.80. The highest BCUT2D eigenvalue weighted by molar-refractivity contribution is 5.98. The molecule has 40 heavy (non-hydrogen) atoms. The molecule has 0 saturated carbocycles. The molecule has 5 N–H and O–H groups in total. The summed E-state index contributed by atoms with van der Waals surface area (Å²) in [6, 6.07) is 10.5. The minimum absolute atomic E-state index is 0.0710. The van der Waals surface area contributed by atoms with Gasteiger partial charge >= 0.3 is 11.7 Å². The molecule has 0 aliphatic heterocycles. The van der Waals surface area contributed by atoms with Gasteiger partial charge in [0.2, 0.25) is 0 Å². The maximum atomic E-state index is 12.8. The van der Waals surface area contributed by atoms with Crippen LogP contribution in [0.1, 0.15) is 36.8 Å². The molecule has 2 aromatic heterocycles. The van der Waals surface area contributed by atoms with Gasteiger partial charge in [-0.3, -0.25) is 15.2 Å². The van der Waals surface area contributed by atoms with Crippen molar-refractivity contribution in [2.24, 2.45) is 5.73 Å². The first-order valence-electron chi connectivity index (χ1n) is 12.2. The van der Waals surface area contributed by atoms with Gasteiger partial charge in [-0.2, -0.15) is 0 Å². The average molecular weight is 551 g/mol. The Balaban J connectivity index is 1.81. The summed E-state index contributed by atoms with van der Waals surface area (Å²) in [6.07, 6.45) is 2.97. The van der Waals surface area contributed by atoms with Gasteiger partial charge in [0.25, 0.3) is 5.95 Å². The van der Waals surface area contributed by atoms with Crippen molar-refractivity contribution in [3.8, 4) is 23.2 Å². The summed E-state index contributed by atoms with van der Waals surface area (Å²) in [5, 5.41) is 15.5. The minimum Gasteiger partial charge on any atom is -0.490 e. The van der Waals surface area contributed by atoms with E-state index in [0.29, 0.717) is 29.4 Å². The lowest BCUT2D eigenvalue weighted by molar-refractivity contribution is -0.131. The second-order valence-corrected chi connectivity index (χ2v) is 8.25. The molecule has 14 heteroatoms. The van der Waals surface area contributed by atoms with Crippen molar-refractivity contribution < 1.29 is 23.4 Å². The van der Waals surface area contributed by atoms with Gasteiger partial charge < -0.3 is 25.3 Å². The number of rotatable bonds is 12. The number of benzene rings is 2. The van der Waals surface area contributed by atoms with Gasteiger partial charge in [0.15, 0.2) is 17.3 Å². The molecule has 0 aliphatic carbocycles. The van der Waals surface area contributed by atoms with Crippen LogP contribution < -0.4 is 31.0 Å². The third kappa shape index (κ3) is 6.40. The number of alkyl halides is 1. The maximum Gasteiger partial charge on any atom is 0.350 e. The van der Waals surface area contributed by atoms with E-state index in [2.05, 4.69) is 25.4 Å². The SMILES string of the molecule is CCOc1cc(C(Nc2ccc(C(=N)N)c(OC(C)=O)c2)c2nn(-c3ncccn3)c(=O)[nH]2)ccc1OCCF. The number of H-pyrrole nitrogens is 1. The molecule has 0 amide bonds. The lowest BCUT2D eigenvalue weighted by Crippen LogP contribution is -2.18. The molecule has 1 unspecified atom stereocenters. The highest BCUT2D eigenvalue weighted by atomic mass is 19.1. The van der Waals surface area contributed by atoms with Crippen LogP contribution in [0, 0.1) is 5.41 Å². The fraction of sp³-hybridized carbons (Fsp3) is 0.231. The third-order valence-corrected chi connectivity index (χ3v) is 5.42. The van der Waals surface area contributed by atoms with Crippen LogP contribution in [-0.2, 0) is 4.79 Å². The molecule has 1 atom stereocenters. The van der Waals surface area contributed by atoms with Crippen LogP contribution in [0.2, 0.25) is 0 Å². The number of carbonyl (C=O) groups excluding carboxylic acids is 1. The zero-order valence-electron chi connectivity index (χ0n) is 21.7. The molecule has 0 radical (unpaired) electrons. The molecule has 0 saturated heterocycles. The summed E-state index contributed by atoms with van der Waals surface area (Å²) < 4.78 is 30.2. The minimum atomic E-state index is -0.791. The first-order chi connectivity index (χ1) is 19.3. The number of hydrogen-bond donors (Lipinski definition) is 4. The molecule has 4 aromatic rings. The number of anilines is 1. The highest BCUT2D eigenvalue weighted by Gasteiger charge is 2.23. The normalized spacial score (nSPS) is 11.5. The number of nitrogens with zero attached hydrogens (tertiary/aromatic N) is 4. The quantitative estimate of drug-likeness (QED) is 0.0885. The summed E-state index contributed by atoms with van der Waals surface area (Å²) in [5.74, 6) is 0.180. The Bertz CT molecular complexity index is 1560. The summed E-state index contributed by atoms with van der Waals surface area (Å²) in [5.41, 5.74) is 6.35. The Hall–Kier alpha value is -5.27. The van der Waals surface area contributed by atoms with Crippen molar-refractivity contribution in [2.75, 3.05) is 25.2 Å². The van der Waals surface area contributed by atoms with Crippen molar-refractivity contribution in [2.45, 2.75) is 19.9 Å². The van der Waals surface area contributed by atoms with E-state index >= 15 is 0 Å². The number of nitrogens with two attached hydrogens (primary N) is 1. The monoisotopic (exact) mass is 550 g/mol. The molecule has 208 valence electrons. The van der Waals surface area contributed by atoms with Crippen molar-refractivity contribution in [1.82, 2.24) is 24.7 Å². The van der Waals surface area contributed by atoms with E-state index in [4.69, 9.17) is 25.4 Å². The van der Waals surface area contributed by atoms with E-state index in [1.54, 1.807) is 37.3 Å². The van der Waals surface area contributed by atoms with E-state index in [0.717, 1.165) is 4.68 Å². The van der Waals surface area contributed by atoms with E-state index in [9.17, 15) is 14.0 Å². The van der Waals surface area contributed by atoms with Crippen LogP contribution in [0.15, 0.2) is 59.7 Å². The molecule has 0 aliphatic rings. The van der Waals surface area contributed by atoms with Crippen LogP contribution >= 0.6 is 0 Å². The first kappa shape index (κ1) is 27.8. The standard InChI is InChI=1S/C26H27FN8O5/c1-3-38-21-13-16(5-8-19(21)39-12-9-27)22(24-33-26(37)35(34-24)25-30-10-4-11-31-25)32-17-6-7-18(23(28)29)20(14-17)40-15(2)36/h4-8,10-11,13-14,22,32H,3,9,12H2,1-2H3,(H3,28,29)(H,33,34,37). The van der Waals surface area contributed by atoms with Crippen molar-refractivity contribution in [3.63, 3.8) is 0 Å². The number of hydrogen-bond acceptors (Lipinski definition) is 10. The number of ether oxygens (including phenoxy) is 3. The predicted molar refractivity (Wildman–Crippen MR) is 143 cm³/mol. The number of aromatic amines is 1. The Morgan fingerprint density at radius 2 is 1.93 bits per heavy atom. The molecule has 13 nitrogen and oxygen atoms in total. The Labute approximate surface area is 227 Å². The van der Waals surface area contributed by atoms with Gasteiger partial charge in [0, 0.05) is 31.1 Å². The number of carbonyl (C=O) groups is 1. The van der Waals surface area contributed by atoms with Crippen LogP contribution in [0.25, 0.3) is 5.95 Å². The molecular weight excluding hydrogens is 523 g/mol. The molecule has 0 fully saturated rings. The van der Waals surface area contributed by atoms with Crippen molar-refractivity contribution in [3.05, 3.63) is 82.3 Å². The topological polar surface area (TPSA) is 183 Å². The number of esters is 1.